The third-order valence-electron chi connectivity index (χ3n) is 1.62. The number of aromatic nitrogens is 1. The molecule has 0 atom stereocenters. The molecule has 0 bridgehead atoms. The maximum Gasteiger partial charge on any atom is 0.137 e. The third-order valence-corrected chi connectivity index (χ3v) is 1.62. The second-order valence-electron chi connectivity index (χ2n) is 2.87. The van der Waals surface area contributed by atoms with E-state index in [1.165, 1.54) is 0 Å². The van der Waals surface area contributed by atoms with Gasteiger partial charge in [0.1, 0.15) is 5.75 Å². The van der Waals surface area contributed by atoms with Gasteiger partial charge < -0.3 is 4.74 Å². The fourth-order valence-corrected chi connectivity index (χ4v) is 1.04. The molecule has 70 valence electrons. The van der Waals surface area contributed by atoms with Gasteiger partial charge in [0.2, 0.25) is 0 Å². The lowest BCUT2D eigenvalue weighted by Crippen LogP contribution is -1.96. The van der Waals surface area contributed by atoms with E-state index in [1.54, 1.807) is 6.20 Å². The number of hydrogen-bond donors (Lipinski definition) is 0. The van der Waals surface area contributed by atoms with Crippen molar-refractivity contribution in [2.24, 2.45) is 0 Å². The molecule has 0 aliphatic rings. The topological polar surface area (TPSA) is 22.1 Å². The molecule has 13 heavy (non-hydrogen) atoms. The Hall–Kier alpha value is -1.31. The summed E-state index contributed by atoms with van der Waals surface area (Å²) in [5.41, 5.74) is 1.14. The van der Waals surface area contributed by atoms with Crippen LogP contribution in [0.1, 0.15) is 18.9 Å². The molecule has 0 fully saturated rings. The average Bonchev–Trinajstić information content (AvgIpc) is 2.16. The number of allylic oxidation sites excluding steroid dienone is 1. The lowest BCUT2D eigenvalue weighted by atomic mass is 10.2. The predicted molar refractivity (Wildman–Crippen MR) is 53.9 cm³/mol. The van der Waals surface area contributed by atoms with Crippen LogP contribution < -0.4 is 4.74 Å². The van der Waals surface area contributed by atoms with Crippen LogP contribution in [0.15, 0.2) is 31.1 Å². The van der Waals surface area contributed by atoms with Crippen LogP contribution in [-0.2, 0) is 6.42 Å². The molecular formula is C11H15NO. The summed E-state index contributed by atoms with van der Waals surface area (Å²) < 4.78 is 5.45. The number of ether oxygens (including phenoxy) is 1. The van der Waals surface area contributed by atoms with E-state index in [2.05, 4.69) is 18.5 Å². The van der Waals surface area contributed by atoms with Crippen LogP contribution >= 0.6 is 0 Å². The minimum atomic E-state index is 0.749. The SMILES string of the molecule is C=CCc1cncc(OCCC)c1. The summed E-state index contributed by atoms with van der Waals surface area (Å²) in [6, 6.07) is 2.00. The smallest absolute Gasteiger partial charge is 0.137 e. The normalized spacial score (nSPS) is 9.62. The Balaban J connectivity index is 2.61. The summed E-state index contributed by atoms with van der Waals surface area (Å²) in [6.45, 7) is 6.51. The van der Waals surface area contributed by atoms with Crippen LogP contribution in [0.3, 0.4) is 0 Å². The minimum Gasteiger partial charge on any atom is -0.492 e. The molecule has 1 aromatic heterocycles. The van der Waals surface area contributed by atoms with E-state index in [-0.39, 0.29) is 0 Å². The molecule has 0 radical (unpaired) electrons. The first-order valence-corrected chi connectivity index (χ1v) is 4.54. The van der Waals surface area contributed by atoms with Crippen LogP contribution in [0.25, 0.3) is 0 Å². The molecule has 0 unspecified atom stereocenters. The van der Waals surface area contributed by atoms with Gasteiger partial charge in [0.05, 0.1) is 12.8 Å². The van der Waals surface area contributed by atoms with E-state index in [1.807, 2.05) is 18.3 Å². The highest BCUT2D eigenvalue weighted by Gasteiger charge is 1.95. The van der Waals surface area contributed by atoms with E-state index in [0.717, 1.165) is 30.8 Å². The summed E-state index contributed by atoms with van der Waals surface area (Å²) in [5, 5.41) is 0. The molecule has 0 saturated heterocycles. The van der Waals surface area contributed by atoms with Gasteiger partial charge >= 0.3 is 0 Å². The highest BCUT2D eigenvalue weighted by Crippen LogP contribution is 2.11. The molecule has 1 heterocycles. The maximum absolute atomic E-state index is 5.45. The quantitative estimate of drug-likeness (QED) is 0.645. The van der Waals surface area contributed by atoms with Gasteiger partial charge in [-0.15, -0.1) is 6.58 Å². The van der Waals surface area contributed by atoms with Crippen molar-refractivity contribution in [3.8, 4) is 5.75 Å². The molecule has 2 heteroatoms. The van der Waals surface area contributed by atoms with Crippen LogP contribution in [0.5, 0.6) is 5.75 Å². The summed E-state index contributed by atoms with van der Waals surface area (Å²) in [5.74, 6) is 0.848. The predicted octanol–water partition coefficient (Wildman–Crippen LogP) is 2.60. The molecule has 0 amide bonds. The molecule has 0 aromatic carbocycles. The Morgan fingerprint density at radius 1 is 1.54 bits per heavy atom. The van der Waals surface area contributed by atoms with Crippen molar-refractivity contribution in [1.82, 2.24) is 4.98 Å². The second kappa shape index (κ2) is 5.36. The molecule has 0 spiro atoms. The van der Waals surface area contributed by atoms with Crippen molar-refractivity contribution >= 4 is 0 Å². The van der Waals surface area contributed by atoms with Crippen LogP contribution in [0.2, 0.25) is 0 Å². The second-order valence-corrected chi connectivity index (χ2v) is 2.87. The summed E-state index contributed by atoms with van der Waals surface area (Å²) in [6.07, 6.45) is 7.30. The van der Waals surface area contributed by atoms with Crippen molar-refractivity contribution in [3.05, 3.63) is 36.7 Å². The first kappa shape index (κ1) is 9.78. The molecule has 0 aliphatic heterocycles. The van der Waals surface area contributed by atoms with Gasteiger partial charge in [0, 0.05) is 6.20 Å². The lowest BCUT2D eigenvalue weighted by molar-refractivity contribution is 0.316. The number of pyridine rings is 1. The number of rotatable bonds is 5. The van der Waals surface area contributed by atoms with Crippen LogP contribution in [0.4, 0.5) is 0 Å². The lowest BCUT2D eigenvalue weighted by Gasteiger charge is -2.04. The Morgan fingerprint density at radius 2 is 2.38 bits per heavy atom. The van der Waals surface area contributed by atoms with Gasteiger partial charge in [-0.05, 0) is 24.5 Å². The first-order valence-electron chi connectivity index (χ1n) is 4.54. The van der Waals surface area contributed by atoms with Crippen molar-refractivity contribution in [1.29, 1.82) is 0 Å². The van der Waals surface area contributed by atoms with Gasteiger partial charge in [-0.25, -0.2) is 0 Å². The molecule has 1 aromatic rings. The van der Waals surface area contributed by atoms with E-state index >= 15 is 0 Å². The van der Waals surface area contributed by atoms with Gasteiger partial charge in [0.15, 0.2) is 0 Å². The zero-order valence-corrected chi connectivity index (χ0v) is 7.99. The first-order chi connectivity index (χ1) is 6.36. The van der Waals surface area contributed by atoms with E-state index in [9.17, 15) is 0 Å². The van der Waals surface area contributed by atoms with Gasteiger partial charge in [0.25, 0.3) is 0 Å². The fourth-order valence-electron chi connectivity index (χ4n) is 1.04. The Kier molecular flexibility index (Phi) is 4.03. The van der Waals surface area contributed by atoms with Gasteiger partial charge in [-0.2, -0.15) is 0 Å². The summed E-state index contributed by atoms with van der Waals surface area (Å²) in [7, 11) is 0. The number of nitrogens with zero attached hydrogens (tertiary/aromatic N) is 1. The van der Waals surface area contributed by atoms with Crippen molar-refractivity contribution in [2.75, 3.05) is 6.61 Å². The molecule has 2 nitrogen and oxygen atoms in total. The third kappa shape index (κ3) is 3.28. The van der Waals surface area contributed by atoms with E-state index in [0.29, 0.717) is 0 Å². The maximum atomic E-state index is 5.45. The van der Waals surface area contributed by atoms with E-state index in [4.69, 9.17) is 4.74 Å². The van der Waals surface area contributed by atoms with Crippen LogP contribution in [-0.4, -0.2) is 11.6 Å². The van der Waals surface area contributed by atoms with Gasteiger partial charge in [-0.3, -0.25) is 4.98 Å². The Morgan fingerprint density at radius 3 is 3.08 bits per heavy atom. The average molecular weight is 177 g/mol. The highest BCUT2D eigenvalue weighted by molar-refractivity contribution is 5.24. The highest BCUT2D eigenvalue weighted by atomic mass is 16.5. The zero-order chi connectivity index (χ0) is 9.52. The molecule has 1 rings (SSSR count). The summed E-state index contributed by atoms with van der Waals surface area (Å²) in [4.78, 5) is 4.08. The van der Waals surface area contributed by atoms with E-state index < -0.39 is 0 Å². The Bertz CT molecular complexity index is 271. The van der Waals surface area contributed by atoms with Crippen molar-refractivity contribution in [2.45, 2.75) is 19.8 Å². The van der Waals surface area contributed by atoms with Crippen molar-refractivity contribution in [3.63, 3.8) is 0 Å². The number of hydrogen-bond acceptors (Lipinski definition) is 2. The monoisotopic (exact) mass is 177 g/mol. The summed E-state index contributed by atoms with van der Waals surface area (Å²) >= 11 is 0. The molecule has 0 aliphatic carbocycles. The van der Waals surface area contributed by atoms with Crippen molar-refractivity contribution < 1.29 is 4.74 Å². The molecule has 0 saturated carbocycles. The molecule has 0 N–H and O–H groups in total. The van der Waals surface area contributed by atoms with Crippen LogP contribution in [0, 0.1) is 0 Å². The van der Waals surface area contributed by atoms with Gasteiger partial charge in [-0.1, -0.05) is 13.0 Å². The molecular weight excluding hydrogens is 162 g/mol. The minimum absolute atomic E-state index is 0.749. The fraction of sp³-hybridized carbons (Fsp3) is 0.364. The zero-order valence-electron chi connectivity index (χ0n) is 7.99. The Labute approximate surface area is 79.3 Å². The largest absolute Gasteiger partial charge is 0.492 e. The standard InChI is InChI=1S/C11H15NO/c1-3-5-10-7-11(9-12-8-10)13-6-4-2/h3,7-9H,1,4-6H2,2H3.